The van der Waals surface area contributed by atoms with Gasteiger partial charge in [0.05, 0.1) is 16.9 Å². The van der Waals surface area contributed by atoms with Gasteiger partial charge in [0.25, 0.3) is 5.69 Å². The van der Waals surface area contributed by atoms with E-state index in [1.165, 1.54) is 47.4 Å². The molecule has 2 aromatic rings. The zero-order valence-corrected chi connectivity index (χ0v) is 21.6. The molecular weight excluding hydrogens is 503 g/mol. The van der Waals surface area contributed by atoms with Crippen molar-refractivity contribution in [3.63, 3.8) is 0 Å². The van der Waals surface area contributed by atoms with Crippen molar-refractivity contribution >= 4 is 33.2 Å². The van der Waals surface area contributed by atoms with Crippen molar-refractivity contribution in [3.8, 4) is 0 Å². The number of carbonyl (C=O) groups is 2. The van der Waals surface area contributed by atoms with E-state index in [0.717, 1.165) is 48.7 Å². The Labute approximate surface area is 215 Å². The van der Waals surface area contributed by atoms with E-state index < -0.39 is 39.3 Å². The Bertz CT molecular complexity index is 1230. The van der Waals surface area contributed by atoms with Crippen LogP contribution in [0.1, 0.15) is 44.6 Å². The van der Waals surface area contributed by atoms with Gasteiger partial charge in [0.1, 0.15) is 18.4 Å². The molecule has 0 bridgehead atoms. The lowest BCUT2D eigenvalue weighted by atomic mass is 9.95. The van der Waals surface area contributed by atoms with Crippen LogP contribution in [-0.2, 0) is 26.2 Å². The van der Waals surface area contributed by atoms with Crippen LogP contribution in [0.5, 0.6) is 0 Å². The van der Waals surface area contributed by atoms with Crippen molar-refractivity contribution < 1.29 is 27.3 Å². The van der Waals surface area contributed by atoms with Crippen molar-refractivity contribution in [2.75, 3.05) is 17.1 Å². The Balaban J connectivity index is 1.89. The molecule has 200 valence electrons. The first-order valence-corrected chi connectivity index (χ1v) is 13.9. The lowest BCUT2D eigenvalue weighted by Crippen LogP contribution is -2.52. The topological polar surface area (TPSA) is 130 Å². The predicted molar refractivity (Wildman–Crippen MR) is 137 cm³/mol. The number of hydrogen-bond acceptors (Lipinski definition) is 6. The number of carbonyl (C=O) groups excluding carboxylic acids is 2. The van der Waals surface area contributed by atoms with Crippen LogP contribution >= 0.6 is 0 Å². The van der Waals surface area contributed by atoms with E-state index in [4.69, 9.17) is 0 Å². The summed E-state index contributed by atoms with van der Waals surface area (Å²) in [4.78, 5) is 38.4. The third kappa shape index (κ3) is 7.72. The van der Waals surface area contributed by atoms with Gasteiger partial charge in [0, 0.05) is 24.7 Å². The molecule has 0 aliphatic heterocycles. The van der Waals surface area contributed by atoms with Gasteiger partial charge >= 0.3 is 0 Å². The molecule has 3 rings (SSSR count). The summed E-state index contributed by atoms with van der Waals surface area (Å²) in [5.74, 6) is -1.52. The highest BCUT2D eigenvalue weighted by Crippen LogP contribution is 2.24. The maximum Gasteiger partial charge on any atom is 0.271 e. The zero-order valence-electron chi connectivity index (χ0n) is 20.8. The van der Waals surface area contributed by atoms with Gasteiger partial charge in [-0.25, -0.2) is 12.8 Å². The average molecular weight is 535 g/mol. The van der Waals surface area contributed by atoms with Crippen molar-refractivity contribution in [1.82, 2.24) is 10.2 Å². The van der Waals surface area contributed by atoms with Gasteiger partial charge in [-0.2, -0.15) is 0 Å². The second-order valence-corrected chi connectivity index (χ2v) is 11.1. The minimum Gasteiger partial charge on any atom is -0.352 e. The fourth-order valence-corrected chi connectivity index (χ4v) is 5.15. The van der Waals surface area contributed by atoms with Crippen molar-refractivity contribution in [1.29, 1.82) is 0 Å². The first-order chi connectivity index (χ1) is 17.5. The van der Waals surface area contributed by atoms with E-state index in [-0.39, 0.29) is 29.9 Å². The molecular formula is C25H31FN4O6S. The number of anilines is 1. The molecule has 1 aliphatic carbocycles. The highest BCUT2D eigenvalue weighted by atomic mass is 32.2. The minimum atomic E-state index is -4.02. The largest absolute Gasteiger partial charge is 0.352 e. The quantitative estimate of drug-likeness (QED) is 0.368. The van der Waals surface area contributed by atoms with Crippen LogP contribution in [0.15, 0.2) is 48.5 Å². The van der Waals surface area contributed by atoms with E-state index in [1.54, 1.807) is 6.92 Å². The van der Waals surface area contributed by atoms with E-state index in [9.17, 15) is 32.5 Å². The van der Waals surface area contributed by atoms with Gasteiger partial charge in [-0.15, -0.1) is 0 Å². The Hall–Kier alpha value is -3.54. The molecule has 10 nitrogen and oxygen atoms in total. The molecule has 0 spiro atoms. The molecule has 12 heteroatoms. The van der Waals surface area contributed by atoms with E-state index in [1.807, 2.05) is 0 Å². The van der Waals surface area contributed by atoms with Crippen LogP contribution < -0.4 is 9.62 Å². The highest BCUT2D eigenvalue weighted by molar-refractivity contribution is 7.92. The number of non-ortho nitro benzene ring substituents is 1. The molecule has 1 atom stereocenters. The molecule has 1 N–H and O–H groups in total. The summed E-state index contributed by atoms with van der Waals surface area (Å²) in [6.07, 6.45) is 5.70. The zero-order chi connectivity index (χ0) is 27.2. The van der Waals surface area contributed by atoms with Crippen LogP contribution in [0.3, 0.4) is 0 Å². The summed E-state index contributed by atoms with van der Waals surface area (Å²) in [6, 6.07) is 9.44. The van der Waals surface area contributed by atoms with Gasteiger partial charge < -0.3 is 10.2 Å². The lowest BCUT2D eigenvalue weighted by Gasteiger charge is -2.33. The molecule has 1 aliphatic rings. The van der Waals surface area contributed by atoms with Crippen molar-refractivity contribution in [3.05, 3.63) is 70.0 Å². The normalized spacial score (nSPS) is 15.0. The summed E-state index contributed by atoms with van der Waals surface area (Å²) >= 11 is 0. The first kappa shape index (κ1) is 28.0. The van der Waals surface area contributed by atoms with Gasteiger partial charge in [-0.3, -0.25) is 24.0 Å². The third-order valence-corrected chi connectivity index (χ3v) is 7.53. The van der Waals surface area contributed by atoms with Crippen LogP contribution in [0, 0.1) is 15.9 Å². The number of nitro benzene ring substituents is 1. The van der Waals surface area contributed by atoms with E-state index in [0.29, 0.717) is 5.56 Å². The third-order valence-electron chi connectivity index (χ3n) is 6.39. The second-order valence-electron chi connectivity index (χ2n) is 9.21. The van der Waals surface area contributed by atoms with Crippen LogP contribution in [0.4, 0.5) is 15.8 Å². The van der Waals surface area contributed by atoms with Gasteiger partial charge in [-0.05, 0) is 43.5 Å². The van der Waals surface area contributed by atoms with Crippen molar-refractivity contribution in [2.45, 2.75) is 57.7 Å². The molecule has 0 saturated heterocycles. The number of halogens is 1. The number of sulfonamides is 1. The summed E-state index contributed by atoms with van der Waals surface area (Å²) in [5, 5.41) is 14.2. The van der Waals surface area contributed by atoms with Gasteiger partial charge in [0.15, 0.2) is 0 Å². The molecule has 1 fully saturated rings. The molecule has 0 heterocycles. The summed E-state index contributed by atoms with van der Waals surface area (Å²) in [6.45, 7) is 0.810. The second kappa shape index (κ2) is 12.1. The standard InChI is InChI=1S/C25H31FN4O6S/c1-18(25(32)27-21-7-4-3-5-8-21)28(16-19-11-13-20(26)14-12-19)24(31)17-29(37(2,35)36)22-9-6-10-23(15-22)30(33)34/h6,9-15,18,21H,3-5,7-8,16-17H2,1-2H3,(H,27,32)/t18-/m1/s1. The average Bonchev–Trinajstić information content (AvgIpc) is 2.86. The Morgan fingerprint density at radius 3 is 2.38 bits per heavy atom. The van der Waals surface area contributed by atoms with Crippen LogP contribution in [-0.4, -0.2) is 54.9 Å². The molecule has 37 heavy (non-hydrogen) atoms. The molecule has 2 aromatic carbocycles. The molecule has 1 saturated carbocycles. The van der Waals surface area contributed by atoms with Crippen LogP contribution in [0.2, 0.25) is 0 Å². The van der Waals surface area contributed by atoms with E-state index in [2.05, 4.69) is 5.32 Å². The minimum absolute atomic E-state index is 0.00357. The van der Waals surface area contributed by atoms with E-state index >= 15 is 0 Å². The van der Waals surface area contributed by atoms with Crippen molar-refractivity contribution in [2.24, 2.45) is 0 Å². The lowest BCUT2D eigenvalue weighted by molar-refractivity contribution is -0.384. The Morgan fingerprint density at radius 2 is 1.78 bits per heavy atom. The predicted octanol–water partition coefficient (Wildman–Crippen LogP) is 3.37. The fraction of sp³-hybridized carbons (Fsp3) is 0.440. The monoisotopic (exact) mass is 534 g/mol. The summed E-state index contributed by atoms with van der Waals surface area (Å²) in [5.41, 5.74) is 0.168. The smallest absolute Gasteiger partial charge is 0.271 e. The molecule has 0 unspecified atom stereocenters. The maximum absolute atomic E-state index is 13.5. The Morgan fingerprint density at radius 1 is 1.14 bits per heavy atom. The molecule has 2 amide bonds. The molecule has 0 aromatic heterocycles. The Kier molecular flexibility index (Phi) is 9.19. The molecule has 0 radical (unpaired) electrons. The number of rotatable bonds is 10. The fourth-order valence-electron chi connectivity index (χ4n) is 4.31. The highest BCUT2D eigenvalue weighted by Gasteiger charge is 2.31. The number of hydrogen-bond donors (Lipinski definition) is 1. The maximum atomic E-state index is 13.5. The number of benzene rings is 2. The number of nitrogens with zero attached hydrogens (tertiary/aromatic N) is 3. The van der Waals surface area contributed by atoms with Crippen LogP contribution in [0.25, 0.3) is 0 Å². The number of nitro groups is 1. The first-order valence-electron chi connectivity index (χ1n) is 12.0. The summed E-state index contributed by atoms with van der Waals surface area (Å²) < 4.78 is 39.4. The van der Waals surface area contributed by atoms with Gasteiger partial charge in [-0.1, -0.05) is 37.5 Å². The number of amides is 2. The number of nitrogens with one attached hydrogen (secondary N) is 1. The SMILES string of the molecule is C[C@H](C(=O)NC1CCCCC1)N(Cc1ccc(F)cc1)C(=O)CN(c1cccc([N+](=O)[O-])c1)S(C)(=O)=O. The summed E-state index contributed by atoms with van der Waals surface area (Å²) in [7, 11) is -4.02. The van der Waals surface area contributed by atoms with Gasteiger partial charge in [0.2, 0.25) is 21.8 Å².